The summed E-state index contributed by atoms with van der Waals surface area (Å²) in [5.74, 6) is -1.84. The van der Waals surface area contributed by atoms with Crippen LogP contribution < -0.4 is 5.32 Å². The molecule has 2 nitrogen and oxygen atoms in total. The van der Waals surface area contributed by atoms with Crippen LogP contribution in [0.1, 0.15) is 17.9 Å². The second-order valence-electron chi connectivity index (χ2n) is 3.43. The van der Waals surface area contributed by atoms with Crippen molar-refractivity contribution in [2.45, 2.75) is 18.6 Å². The Morgan fingerprint density at radius 1 is 1.29 bits per heavy atom. The van der Waals surface area contributed by atoms with Crippen LogP contribution in [0.25, 0.3) is 0 Å². The molecule has 0 fully saturated rings. The first-order chi connectivity index (χ1) is 7.94. The second kappa shape index (κ2) is 5.91. The van der Waals surface area contributed by atoms with Gasteiger partial charge in [-0.2, -0.15) is 13.2 Å². The zero-order chi connectivity index (χ0) is 12.9. The van der Waals surface area contributed by atoms with Gasteiger partial charge >= 0.3 is 6.30 Å². The highest BCUT2D eigenvalue weighted by Gasteiger charge is 2.33. The van der Waals surface area contributed by atoms with Crippen molar-refractivity contribution in [1.29, 1.82) is 0 Å². The van der Waals surface area contributed by atoms with E-state index in [-0.39, 0.29) is 12.3 Å². The van der Waals surface area contributed by atoms with Gasteiger partial charge in [0, 0.05) is 5.88 Å². The number of hydrogen-bond acceptors (Lipinski definition) is 1. The second-order valence-corrected chi connectivity index (χ2v) is 3.81. The van der Waals surface area contributed by atoms with Gasteiger partial charge in [-0.25, -0.2) is 0 Å². The van der Waals surface area contributed by atoms with Crippen LogP contribution >= 0.6 is 11.6 Å². The molecule has 0 saturated carbocycles. The van der Waals surface area contributed by atoms with Crippen LogP contribution in [0.3, 0.4) is 0 Å². The van der Waals surface area contributed by atoms with Gasteiger partial charge in [0.05, 0.1) is 5.92 Å². The van der Waals surface area contributed by atoms with Crippen molar-refractivity contribution in [3.63, 3.8) is 0 Å². The molecule has 0 aromatic heterocycles. The molecule has 0 aliphatic carbocycles. The molecular weight excluding hydrogens is 255 g/mol. The molecule has 0 radical (unpaired) electrons. The van der Waals surface area contributed by atoms with Crippen LogP contribution in [0.2, 0.25) is 0 Å². The largest absolute Gasteiger partial charge is 0.484 e. The lowest BCUT2D eigenvalue weighted by Crippen LogP contribution is -2.40. The summed E-state index contributed by atoms with van der Waals surface area (Å²) in [5.41, 5.74) is 0.523. The Hall–Kier alpha value is -1.23. The number of carbonyl (C=O) groups is 1. The molecule has 1 rings (SSSR count). The Balaban J connectivity index is 2.83. The average molecular weight is 266 g/mol. The van der Waals surface area contributed by atoms with Gasteiger partial charge in [0.15, 0.2) is 0 Å². The number of hydrogen-bond donors (Lipinski definition) is 1. The molecule has 0 heterocycles. The third kappa shape index (κ3) is 4.65. The lowest BCUT2D eigenvalue weighted by Gasteiger charge is -2.17. The van der Waals surface area contributed by atoms with Gasteiger partial charge in [0.2, 0.25) is 5.91 Å². The fourth-order valence-corrected chi connectivity index (χ4v) is 1.69. The maximum Gasteiger partial charge on any atom is 0.484 e. The Bertz CT molecular complexity index is 367. The average Bonchev–Trinajstić information content (AvgIpc) is 2.24. The smallest absolute Gasteiger partial charge is 0.274 e. The van der Waals surface area contributed by atoms with Gasteiger partial charge < -0.3 is 0 Å². The number of halogens is 4. The van der Waals surface area contributed by atoms with E-state index in [1.54, 1.807) is 30.3 Å². The molecule has 0 saturated heterocycles. The molecule has 1 aromatic carbocycles. The van der Waals surface area contributed by atoms with E-state index < -0.39 is 18.1 Å². The Morgan fingerprint density at radius 3 is 2.35 bits per heavy atom. The molecule has 1 N–H and O–H groups in total. The first-order valence-corrected chi connectivity index (χ1v) is 5.47. The van der Waals surface area contributed by atoms with E-state index in [9.17, 15) is 18.0 Å². The SMILES string of the molecule is O=C(NC(F)(F)F)C(CCCl)c1ccccc1. The number of carbonyl (C=O) groups excluding carboxylic acids is 1. The van der Waals surface area contributed by atoms with E-state index in [1.165, 1.54) is 0 Å². The third-order valence-corrected chi connectivity index (χ3v) is 2.40. The van der Waals surface area contributed by atoms with Crippen LogP contribution in [-0.2, 0) is 4.79 Å². The molecule has 1 amide bonds. The summed E-state index contributed by atoms with van der Waals surface area (Å²) in [6.45, 7) is 0. The monoisotopic (exact) mass is 265 g/mol. The molecule has 1 atom stereocenters. The van der Waals surface area contributed by atoms with Crippen LogP contribution in [0.15, 0.2) is 30.3 Å². The van der Waals surface area contributed by atoms with Crippen molar-refractivity contribution in [2.75, 3.05) is 5.88 Å². The van der Waals surface area contributed by atoms with E-state index in [4.69, 9.17) is 11.6 Å². The van der Waals surface area contributed by atoms with E-state index in [2.05, 4.69) is 0 Å². The van der Waals surface area contributed by atoms with Gasteiger partial charge in [0.1, 0.15) is 0 Å². The first kappa shape index (κ1) is 13.8. The van der Waals surface area contributed by atoms with Crippen LogP contribution in [-0.4, -0.2) is 18.1 Å². The van der Waals surface area contributed by atoms with Crippen LogP contribution in [0, 0.1) is 0 Å². The Morgan fingerprint density at radius 2 is 1.88 bits per heavy atom. The van der Waals surface area contributed by atoms with Crippen molar-refractivity contribution < 1.29 is 18.0 Å². The number of amides is 1. The van der Waals surface area contributed by atoms with Gasteiger partial charge in [-0.15, -0.1) is 11.6 Å². The zero-order valence-corrected chi connectivity index (χ0v) is 9.55. The van der Waals surface area contributed by atoms with Gasteiger partial charge in [0.25, 0.3) is 0 Å². The predicted octanol–water partition coefficient (Wildman–Crippen LogP) is 3.04. The minimum absolute atomic E-state index is 0.116. The normalized spacial score (nSPS) is 13.2. The summed E-state index contributed by atoms with van der Waals surface area (Å²) >= 11 is 5.50. The van der Waals surface area contributed by atoms with Gasteiger partial charge in [-0.1, -0.05) is 30.3 Å². The minimum Gasteiger partial charge on any atom is -0.274 e. The highest BCUT2D eigenvalue weighted by Crippen LogP contribution is 2.22. The number of alkyl halides is 4. The molecule has 1 unspecified atom stereocenters. The summed E-state index contributed by atoms with van der Waals surface area (Å²) in [4.78, 5) is 11.5. The Labute approximate surface area is 102 Å². The summed E-state index contributed by atoms with van der Waals surface area (Å²) in [7, 11) is 0. The van der Waals surface area contributed by atoms with E-state index in [1.807, 2.05) is 0 Å². The summed E-state index contributed by atoms with van der Waals surface area (Å²) in [5, 5.41) is 1.00. The molecule has 0 spiro atoms. The maximum atomic E-state index is 12.1. The number of rotatable bonds is 4. The third-order valence-electron chi connectivity index (χ3n) is 2.18. The lowest BCUT2D eigenvalue weighted by atomic mass is 9.96. The highest BCUT2D eigenvalue weighted by atomic mass is 35.5. The molecule has 6 heteroatoms. The molecule has 0 bridgehead atoms. The van der Waals surface area contributed by atoms with Crippen molar-refractivity contribution >= 4 is 17.5 Å². The number of nitrogens with one attached hydrogen (secondary N) is 1. The molecular formula is C11H11ClF3NO. The van der Waals surface area contributed by atoms with E-state index in [0.29, 0.717) is 5.56 Å². The topological polar surface area (TPSA) is 29.1 Å². The molecule has 94 valence electrons. The fraction of sp³-hybridized carbons (Fsp3) is 0.364. The van der Waals surface area contributed by atoms with Crippen LogP contribution in [0.4, 0.5) is 13.2 Å². The number of benzene rings is 1. The van der Waals surface area contributed by atoms with Crippen LogP contribution in [0.5, 0.6) is 0 Å². The molecule has 0 aliphatic heterocycles. The highest BCUT2D eigenvalue weighted by molar-refractivity contribution is 6.18. The quantitative estimate of drug-likeness (QED) is 0.658. The van der Waals surface area contributed by atoms with Crippen molar-refractivity contribution in [2.24, 2.45) is 0 Å². The minimum atomic E-state index is -4.71. The molecule has 17 heavy (non-hydrogen) atoms. The maximum absolute atomic E-state index is 12.1. The fourth-order valence-electron chi connectivity index (χ4n) is 1.47. The van der Waals surface area contributed by atoms with E-state index >= 15 is 0 Å². The summed E-state index contributed by atoms with van der Waals surface area (Å²) < 4.78 is 36.2. The summed E-state index contributed by atoms with van der Waals surface area (Å²) in [6.07, 6.45) is -4.55. The Kier molecular flexibility index (Phi) is 4.81. The molecule has 1 aromatic rings. The van der Waals surface area contributed by atoms with E-state index in [0.717, 1.165) is 5.32 Å². The van der Waals surface area contributed by atoms with Crippen molar-refractivity contribution in [3.05, 3.63) is 35.9 Å². The van der Waals surface area contributed by atoms with Crippen molar-refractivity contribution in [1.82, 2.24) is 5.32 Å². The van der Waals surface area contributed by atoms with Crippen molar-refractivity contribution in [3.8, 4) is 0 Å². The predicted molar refractivity (Wildman–Crippen MR) is 58.7 cm³/mol. The van der Waals surface area contributed by atoms with Gasteiger partial charge in [-0.05, 0) is 12.0 Å². The first-order valence-electron chi connectivity index (χ1n) is 4.93. The van der Waals surface area contributed by atoms with Gasteiger partial charge in [-0.3, -0.25) is 10.1 Å². The summed E-state index contributed by atoms with van der Waals surface area (Å²) in [6, 6.07) is 8.26. The lowest BCUT2D eigenvalue weighted by molar-refractivity contribution is -0.170. The zero-order valence-electron chi connectivity index (χ0n) is 8.80. The standard InChI is InChI=1S/C11H11ClF3NO/c12-7-6-9(8-4-2-1-3-5-8)10(17)16-11(13,14)15/h1-5,9H,6-7H2,(H,16,17). The molecule has 0 aliphatic rings.